The Morgan fingerprint density at radius 1 is 1.00 bits per heavy atom. The van der Waals surface area contributed by atoms with Gasteiger partial charge in [-0.1, -0.05) is 58.3 Å². The predicted octanol–water partition coefficient (Wildman–Crippen LogP) is 6.24. The molecule has 3 nitrogen and oxygen atoms in total. The molecule has 1 rings (SSSR count). The first kappa shape index (κ1) is 21.3. The first-order chi connectivity index (χ1) is 11.8. The van der Waals surface area contributed by atoms with Crippen molar-refractivity contribution in [2.45, 2.75) is 77.3 Å². The van der Waals surface area contributed by atoms with Crippen molar-refractivity contribution in [3.8, 4) is 11.5 Å². The Hall–Kier alpha value is -1.72. The third-order valence-electron chi connectivity index (χ3n) is 3.99. The lowest BCUT2D eigenvalue weighted by Gasteiger charge is -2.10. The first-order valence-electron chi connectivity index (χ1n) is 8.95. The largest absolute Gasteiger partial charge is 0.507 e. The molecule has 1 N–H and O–H groups in total. The Morgan fingerprint density at radius 2 is 1.56 bits per heavy atom. The van der Waals surface area contributed by atoms with Gasteiger partial charge in [0.05, 0.1) is 5.56 Å². The fraction of sp³-hybridized carbons (Fsp3) is 0.632. The Labute approximate surface area is 147 Å². The van der Waals surface area contributed by atoms with E-state index in [1.165, 1.54) is 32.1 Å². The minimum Gasteiger partial charge on any atom is -0.507 e. The second-order valence-corrected chi connectivity index (χ2v) is 6.23. The first-order valence-corrected chi connectivity index (χ1v) is 8.95. The van der Waals surface area contributed by atoms with Crippen molar-refractivity contribution >= 4 is 5.97 Å². The van der Waals surface area contributed by atoms with Gasteiger partial charge in [-0.25, -0.2) is 0 Å². The van der Waals surface area contributed by atoms with Gasteiger partial charge < -0.3 is 9.84 Å². The molecule has 25 heavy (non-hydrogen) atoms. The molecule has 0 saturated carbocycles. The molecule has 0 saturated heterocycles. The smallest absolute Gasteiger partial charge is 0.419 e. The second-order valence-electron chi connectivity index (χ2n) is 6.23. The van der Waals surface area contributed by atoms with Crippen LogP contribution in [0.1, 0.15) is 76.7 Å². The lowest BCUT2D eigenvalue weighted by molar-refractivity contribution is -0.138. The number of phenols is 1. The van der Waals surface area contributed by atoms with Crippen LogP contribution in [0, 0.1) is 0 Å². The minimum atomic E-state index is -4.64. The van der Waals surface area contributed by atoms with Crippen LogP contribution in [-0.2, 0) is 11.0 Å². The van der Waals surface area contributed by atoms with Crippen LogP contribution in [0.25, 0.3) is 0 Å². The van der Waals surface area contributed by atoms with Crippen LogP contribution >= 0.6 is 0 Å². The molecule has 0 aliphatic heterocycles. The lowest BCUT2D eigenvalue weighted by Crippen LogP contribution is -2.09. The summed E-state index contributed by atoms with van der Waals surface area (Å²) in [5.41, 5.74) is -1.15. The summed E-state index contributed by atoms with van der Waals surface area (Å²) in [6, 6.07) is 2.56. The fourth-order valence-corrected chi connectivity index (χ4v) is 2.58. The zero-order chi connectivity index (χ0) is 18.7. The van der Waals surface area contributed by atoms with Gasteiger partial charge in [0.2, 0.25) is 0 Å². The number of hydrogen-bond donors (Lipinski definition) is 1. The third kappa shape index (κ3) is 8.79. The molecule has 0 amide bonds. The molecule has 0 heterocycles. The molecular formula is C19H27F3O3. The maximum absolute atomic E-state index is 12.5. The molecule has 0 atom stereocenters. The minimum absolute atomic E-state index is 0.0774. The fourth-order valence-electron chi connectivity index (χ4n) is 2.58. The van der Waals surface area contributed by atoms with Gasteiger partial charge in [-0.2, -0.15) is 13.2 Å². The standard InChI is InChI=1S/C19H27F3O3/c1-2-3-4-5-6-7-8-9-10-11-18(24)25-15-12-13-16(17(23)14-15)19(20,21)22/h12-14,23H,2-11H2,1H3. The monoisotopic (exact) mass is 360 g/mol. The highest BCUT2D eigenvalue weighted by Gasteiger charge is 2.33. The summed E-state index contributed by atoms with van der Waals surface area (Å²) >= 11 is 0. The highest BCUT2D eigenvalue weighted by molar-refractivity contribution is 5.72. The summed E-state index contributed by atoms with van der Waals surface area (Å²) in [4.78, 5) is 11.7. The van der Waals surface area contributed by atoms with Crippen molar-refractivity contribution in [2.24, 2.45) is 0 Å². The number of ether oxygens (including phenoxy) is 1. The van der Waals surface area contributed by atoms with E-state index in [1.54, 1.807) is 0 Å². The van der Waals surface area contributed by atoms with Gasteiger partial charge in [0.25, 0.3) is 0 Å². The quantitative estimate of drug-likeness (QED) is 0.289. The number of alkyl halides is 3. The molecular weight excluding hydrogens is 333 g/mol. The van der Waals surface area contributed by atoms with Crippen LogP contribution in [0.2, 0.25) is 0 Å². The summed E-state index contributed by atoms with van der Waals surface area (Å²) in [5.74, 6) is -1.52. The van der Waals surface area contributed by atoms with Crippen molar-refractivity contribution in [1.29, 1.82) is 0 Å². The summed E-state index contributed by atoms with van der Waals surface area (Å²) in [7, 11) is 0. The molecule has 6 heteroatoms. The van der Waals surface area contributed by atoms with Crippen molar-refractivity contribution < 1.29 is 27.8 Å². The molecule has 1 aromatic carbocycles. The number of aromatic hydroxyl groups is 1. The van der Waals surface area contributed by atoms with Gasteiger partial charge >= 0.3 is 12.1 Å². The molecule has 0 radical (unpaired) electrons. The van der Waals surface area contributed by atoms with Crippen LogP contribution in [0.3, 0.4) is 0 Å². The molecule has 1 aromatic rings. The number of esters is 1. The molecule has 0 spiro atoms. The van der Waals surface area contributed by atoms with Crippen molar-refractivity contribution in [1.82, 2.24) is 0 Å². The van der Waals surface area contributed by atoms with E-state index in [9.17, 15) is 23.1 Å². The Bertz CT molecular complexity index is 527. The highest BCUT2D eigenvalue weighted by atomic mass is 19.4. The summed E-state index contributed by atoms with van der Waals surface area (Å²) in [6.07, 6.45) is 5.71. The number of benzene rings is 1. The van der Waals surface area contributed by atoms with Gasteiger partial charge in [-0.05, 0) is 18.6 Å². The highest BCUT2D eigenvalue weighted by Crippen LogP contribution is 2.37. The number of unbranched alkanes of at least 4 members (excludes halogenated alkanes) is 8. The normalized spacial score (nSPS) is 11.5. The Kier molecular flexibility index (Phi) is 9.39. The molecule has 142 valence electrons. The molecule has 0 aliphatic carbocycles. The number of rotatable bonds is 11. The SMILES string of the molecule is CCCCCCCCCCCC(=O)Oc1ccc(C(F)(F)F)c(O)c1. The zero-order valence-corrected chi connectivity index (χ0v) is 14.7. The molecule has 0 aromatic heterocycles. The van der Waals surface area contributed by atoms with E-state index < -0.39 is 23.5 Å². The Morgan fingerprint density at radius 3 is 2.08 bits per heavy atom. The number of hydrogen-bond acceptors (Lipinski definition) is 3. The summed E-state index contributed by atoms with van der Waals surface area (Å²) in [5, 5.41) is 9.38. The second kappa shape index (κ2) is 11.0. The van der Waals surface area contributed by atoms with E-state index >= 15 is 0 Å². The van der Waals surface area contributed by atoms with E-state index in [2.05, 4.69) is 6.92 Å². The predicted molar refractivity (Wildman–Crippen MR) is 90.6 cm³/mol. The molecule has 0 fully saturated rings. The van der Waals surface area contributed by atoms with E-state index in [0.717, 1.165) is 31.4 Å². The number of halogens is 3. The van der Waals surface area contributed by atoms with Gasteiger partial charge in [0.1, 0.15) is 11.5 Å². The molecule has 0 unspecified atom stereocenters. The van der Waals surface area contributed by atoms with Gasteiger partial charge in [-0.3, -0.25) is 4.79 Å². The van der Waals surface area contributed by atoms with Crippen molar-refractivity contribution in [2.75, 3.05) is 0 Å². The van der Waals surface area contributed by atoms with Gasteiger partial charge in [0.15, 0.2) is 0 Å². The van der Waals surface area contributed by atoms with E-state index in [-0.39, 0.29) is 12.2 Å². The van der Waals surface area contributed by atoms with Crippen molar-refractivity contribution in [3.05, 3.63) is 23.8 Å². The lowest BCUT2D eigenvalue weighted by atomic mass is 10.1. The number of carbonyl (C=O) groups is 1. The van der Waals surface area contributed by atoms with E-state index in [1.807, 2.05) is 0 Å². The number of phenolic OH excluding ortho intramolecular Hbond substituents is 1. The van der Waals surface area contributed by atoms with Gasteiger partial charge in [0, 0.05) is 12.5 Å². The van der Waals surface area contributed by atoms with Crippen LogP contribution in [0.4, 0.5) is 13.2 Å². The average molecular weight is 360 g/mol. The summed E-state index contributed by atoms with van der Waals surface area (Å²) in [6.45, 7) is 2.19. The molecule has 0 aliphatic rings. The topological polar surface area (TPSA) is 46.5 Å². The van der Waals surface area contributed by atoms with Crippen LogP contribution in [-0.4, -0.2) is 11.1 Å². The van der Waals surface area contributed by atoms with Crippen LogP contribution < -0.4 is 4.74 Å². The summed E-state index contributed by atoms with van der Waals surface area (Å²) < 4.78 is 42.6. The maximum Gasteiger partial charge on any atom is 0.419 e. The van der Waals surface area contributed by atoms with Crippen molar-refractivity contribution in [3.63, 3.8) is 0 Å². The van der Waals surface area contributed by atoms with E-state index in [4.69, 9.17) is 4.74 Å². The average Bonchev–Trinajstić information content (AvgIpc) is 2.52. The van der Waals surface area contributed by atoms with Crippen LogP contribution in [0.15, 0.2) is 18.2 Å². The Balaban J connectivity index is 2.21. The zero-order valence-electron chi connectivity index (χ0n) is 14.7. The van der Waals surface area contributed by atoms with E-state index in [0.29, 0.717) is 12.5 Å². The van der Waals surface area contributed by atoms with Gasteiger partial charge in [-0.15, -0.1) is 0 Å². The third-order valence-corrected chi connectivity index (χ3v) is 3.99. The molecule has 0 bridgehead atoms. The van der Waals surface area contributed by atoms with Crippen LogP contribution in [0.5, 0.6) is 11.5 Å². The maximum atomic E-state index is 12.5. The number of carbonyl (C=O) groups excluding carboxylic acids is 1.